The SMILES string of the molecule is O=c1[nH]cc(C2CCCCC2)[nH]1. The van der Waals surface area contributed by atoms with Gasteiger partial charge in [0.05, 0.1) is 0 Å². The predicted octanol–water partition coefficient (Wildman–Crippen LogP) is 1.75. The van der Waals surface area contributed by atoms with Crippen LogP contribution in [0.4, 0.5) is 0 Å². The number of hydrogen-bond acceptors (Lipinski definition) is 1. The summed E-state index contributed by atoms with van der Waals surface area (Å²) in [4.78, 5) is 16.3. The molecule has 12 heavy (non-hydrogen) atoms. The zero-order valence-electron chi connectivity index (χ0n) is 7.10. The molecular weight excluding hydrogens is 152 g/mol. The van der Waals surface area contributed by atoms with E-state index in [1.165, 1.54) is 32.1 Å². The van der Waals surface area contributed by atoms with Crippen LogP contribution in [0.2, 0.25) is 0 Å². The third-order valence-electron chi connectivity index (χ3n) is 2.66. The molecule has 0 atom stereocenters. The highest BCUT2D eigenvalue weighted by Crippen LogP contribution is 2.30. The van der Waals surface area contributed by atoms with Crippen LogP contribution in [-0.2, 0) is 0 Å². The number of aromatic amines is 2. The van der Waals surface area contributed by atoms with Crippen LogP contribution in [0.25, 0.3) is 0 Å². The van der Waals surface area contributed by atoms with Gasteiger partial charge in [-0.3, -0.25) is 0 Å². The van der Waals surface area contributed by atoms with Crippen LogP contribution in [0, 0.1) is 0 Å². The highest BCUT2D eigenvalue weighted by Gasteiger charge is 2.16. The molecule has 2 N–H and O–H groups in total. The van der Waals surface area contributed by atoms with Gasteiger partial charge in [0, 0.05) is 17.8 Å². The average molecular weight is 166 g/mol. The predicted molar refractivity (Wildman–Crippen MR) is 47.2 cm³/mol. The summed E-state index contributed by atoms with van der Waals surface area (Å²) in [6.07, 6.45) is 8.24. The normalized spacial score (nSPS) is 19.7. The Labute approximate surface area is 71.2 Å². The molecule has 1 fully saturated rings. The third kappa shape index (κ3) is 1.44. The lowest BCUT2D eigenvalue weighted by Gasteiger charge is -2.19. The number of hydrogen-bond donors (Lipinski definition) is 2. The molecular formula is C9H14N2O. The minimum atomic E-state index is -0.0735. The van der Waals surface area contributed by atoms with Gasteiger partial charge < -0.3 is 9.97 Å². The molecule has 0 amide bonds. The Morgan fingerprint density at radius 1 is 1.25 bits per heavy atom. The Bertz CT molecular complexity index is 293. The third-order valence-corrected chi connectivity index (χ3v) is 2.66. The Hall–Kier alpha value is -0.990. The number of nitrogens with one attached hydrogen (secondary N) is 2. The summed E-state index contributed by atoms with van der Waals surface area (Å²) < 4.78 is 0. The molecule has 2 rings (SSSR count). The average Bonchev–Trinajstić information content (AvgIpc) is 2.54. The first-order valence-corrected chi connectivity index (χ1v) is 4.64. The van der Waals surface area contributed by atoms with Crippen molar-refractivity contribution in [3.8, 4) is 0 Å². The van der Waals surface area contributed by atoms with Crippen molar-refractivity contribution in [3.63, 3.8) is 0 Å². The molecule has 0 aromatic carbocycles. The van der Waals surface area contributed by atoms with E-state index in [0.717, 1.165) is 5.69 Å². The molecule has 0 unspecified atom stereocenters. The molecule has 0 spiro atoms. The van der Waals surface area contributed by atoms with Gasteiger partial charge in [-0.05, 0) is 12.8 Å². The van der Waals surface area contributed by atoms with E-state index in [2.05, 4.69) is 9.97 Å². The van der Waals surface area contributed by atoms with E-state index in [-0.39, 0.29) is 5.69 Å². The maximum Gasteiger partial charge on any atom is 0.323 e. The molecule has 66 valence electrons. The highest BCUT2D eigenvalue weighted by molar-refractivity contribution is 5.04. The second-order valence-corrected chi connectivity index (χ2v) is 3.53. The molecule has 1 saturated carbocycles. The Morgan fingerprint density at radius 3 is 2.58 bits per heavy atom. The summed E-state index contributed by atoms with van der Waals surface area (Å²) in [5.74, 6) is 0.595. The summed E-state index contributed by atoms with van der Waals surface area (Å²) in [5.41, 5.74) is 1.02. The van der Waals surface area contributed by atoms with Gasteiger partial charge in [-0.25, -0.2) is 4.79 Å². The number of aromatic nitrogens is 2. The summed E-state index contributed by atoms with van der Waals surface area (Å²) in [5, 5.41) is 0. The van der Waals surface area contributed by atoms with Crippen molar-refractivity contribution in [1.29, 1.82) is 0 Å². The summed E-state index contributed by atoms with van der Waals surface area (Å²) in [6.45, 7) is 0. The van der Waals surface area contributed by atoms with E-state index in [9.17, 15) is 4.79 Å². The van der Waals surface area contributed by atoms with E-state index >= 15 is 0 Å². The molecule has 1 aromatic rings. The van der Waals surface area contributed by atoms with Crippen molar-refractivity contribution in [2.75, 3.05) is 0 Å². The van der Waals surface area contributed by atoms with Crippen LogP contribution >= 0.6 is 0 Å². The Kier molecular flexibility index (Phi) is 2.02. The topological polar surface area (TPSA) is 48.6 Å². The van der Waals surface area contributed by atoms with Crippen molar-refractivity contribution in [2.24, 2.45) is 0 Å². The fraction of sp³-hybridized carbons (Fsp3) is 0.667. The highest BCUT2D eigenvalue weighted by atomic mass is 16.1. The lowest BCUT2D eigenvalue weighted by molar-refractivity contribution is 0.437. The molecule has 1 heterocycles. The first-order valence-electron chi connectivity index (χ1n) is 4.64. The number of imidazole rings is 1. The van der Waals surface area contributed by atoms with E-state index < -0.39 is 0 Å². The largest absolute Gasteiger partial charge is 0.323 e. The van der Waals surface area contributed by atoms with Crippen LogP contribution in [0.3, 0.4) is 0 Å². The first kappa shape index (κ1) is 7.65. The molecule has 0 saturated heterocycles. The van der Waals surface area contributed by atoms with Crippen LogP contribution < -0.4 is 5.69 Å². The zero-order valence-corrected chi connectivity index (χ0v) is 7.10. The molecule has 3 nitrogen and oxygen atoms in total. The lowest BCUT2D eigenvalue weighted by Crippen LogP contribution is -2.07. The van der Waals surface area contributed by atoms with Crippen LogP contribution in [0.15, 0.2) is 11.0 Å². The fourth-order valence-corrected chi connectivity index (χ4v) is 1.98. The van der Waals surface area contributed by atoms with Crippen LogP contribution in [-0.4, -0.2) is 9.97 Å². The molecule has 1 aromatic heterocycles. The smallest absolute Gasteiger partial charge is 0.313 e. The van der Waals surface area contributed by atoms with Crippen LogP contribution in [0.1, 0.15) is 43.7 Å². The Morgan fingerprint density at radius 2 is 2.00 bits per heavy atom. The van der Waals surface area contributed by atoms with Gasteiger partial charge in [0.1, 0.15) is 0 Å². The second-order valence-electron chi connectivity index (χ2n) is 3.53. The standard InChI is InChI=1S/C9H14N2O/c12-9-10-6-8(11-9)7-4-2-1-3-5-7/h6-7H,1-5H2,(H2,10,11,12). The Balaban J connectivity index is 2.13. The van der Waals surface area contributed by atoms with Crippen molar-refractivity contribution in [2.45, 2.75) is 38.0 Å². The van der Waals surface area contributed by atoms with Crippen molar-refractivity contribution >= 4 is 0 Å². The molecule has 0 bridgehead atoms. The maximum absolute atomic E-state index is 10.8. The first-order chi connectivity index (χ1) is 5.86. The molecule has 1 aliphatic carbocycles. The minimum Gasteiger partial charge on any atom is -0.313 e. The van der Waals surface area contributed by atoms with Gasteiger partial charge in [-0.15, -0.1) is 0 Å². The van der Waals surface area contributed by atoms with Crippen molar-refractivity contribution in [3.05, 3.63) is 22.4 Å². The monoisotopic (exact) mass is 166 g/mol. The van der Waals surface area contributed by atoms with E-state index in [1.54, 1.807) is 0 Å². The molecule has 0 radical (unpaired) electrons. The summed E-state index contributed by atoms with van der Waals surface area (Å²) >= 11 is 0. The summed E-state index contributed by atoms with van der Waals surface area (Å²) in [7, 11) is 0. The van der Waals surface area contributed by atoms with Gasteiger partial charge >= 0.3 is 5.69 Å². The van der Waals surface area contributed by atoms with E-state index in [4.69, 9.17) is 0 Å². The van der Waals surface area contributed by atoms with Crippen molar-refractivity contribution < 1.29 is 0 Å². The minimum absolute atomic E-state index is 0.0735. The maximum atomic E-state index is 10.8. The van der Waals surface area contributed by atoms with E-state index in [1.807, 2.05) is 6.20 Å². The lowest BCUT2D eigenvalue weighted by atomic mass is 9.87. The fourth-order valence-electron chi connectivity index (χ4n) is 1.98. The number of rotatable bonds is 1. The molecule has 1 aliphatic rings. The van der Waals surface area contributed by atoms with Gasteiger partial charge in [-0.2, -0.15) is 0 Å². The second kappa shape index (κ2) is 3.17. The van der Waals surface area contributed by atoms with E-state index in [0.29, 0.717) is 5.92 Å². The van der Waals surface area contributed by atoms with Crippen molar-refractivity contribution in [1.82, 2.24) is 9.97 Å². The zero-order chi connectivity index (χ0) is 8.39. The van der Waals surface area contributed by atoms with Gasteiger partial charge in [0.15, 0.2) is 0 Å². The molecule has 3 heteroatoms. The number of H-pyrrole nitrogens is 2. The van der Waals surface area contributed by atoms with Gasteiger partial charge in [0.25, 0.3) is 0 Å². The molecule has 0 aliphatic heterocycles. The quantitative estimate of drug-likeness (QED) is 0.656. The van der Waals surface area contributed by atoms with Crippen LogP contribution in [0.5, 0.6) is 0 Å². The van der Waals surface area contributed by atoms with Gasteiger partial charge in [-0.1, -0.05) is 19.3 Å². The summed E-state index contributed by atoms with van der Waals surface area (Å²) in [6, 6.07) is 0. The van der Waals surface area contributed by atoms with Gasteiger partial charge in [0.2, 0.25) is 0 Å².